The topological polar surface area (TPSA) is 101 Å². The fraction of sp³-hybridized carbons (Fsp3) is 0.185. The van der Waals surface area contributed by atoms with Crippen molar-refractivity contribution in [3.05, 3.63) is 87.4 Å². The second-order valence-electron chi connectivity index (χ2n) is 8.09. The summed E-state index contributed by atoms with van der Waals surface area (Å²) in [5.74, 6) is -1.96. The summed E-state index contributed by atoms with van der Waals surface area (Å²) in [6, 6.07) is 21.7. The van der Waals surface area contributed by atoms with Gasteiger partial charge in [0.2, 0.25) is 0 Å². The van der Waals surface area contributed by atoms with E-state index in [9.17, 15) is 13.2 Å². The minimum atomic E-state index is -5.08. The third kappa shape index (κ3) is 6.58. The van der Waals surface area contributed by atoms with Gasteiger partial charge in [-0.25, -0.2) is 4.79 Å². The Morgan fingerprint density at radius 2 is 1.68 bits per heavy atom. The predicted molar refractivity (Wildman–Crippen MR) is 141 cm³/mol. The summed E-state index contributed by atoms with van der Waals surface area (Å²) in [6.45, 7) is 1.11. The van der Waals surface area contributed by atoms with Gasteiger partial charge in [0.15, 0.2) is 5.88 Å². The molecule has 4 rings (SSSR count). The summed E-state index contributed by atoms with van der Waals surface area (Å²) in [7, 11) is 1.68. The molecule has 0 spiro atoms. The standard InChI is InChI=1S/C25H21Cl2N3O.C2HF3O2/c1-31-25-20(10-11-28)21-13-19(18-5-2-16(14-29)3-6-18)7-9-24(21)30(25)15-17-4-8-22(26)23(27)12-17;3-2(4,5)1(6)7/h2-9,12-13H,10-11,15,28H2,1H3;(H,6,7). The van der Waals surface area contributed by atoms with Crippen LogP contribution >= 0.6 is 23.2 Å². The Kier molecular flexibility index (Phi) is 9.28. The van der Waals surface area contributed by atoms with E-state index in [1.165, 1.54) is 0 Å². The minimum Gasteiger partial charge on any atom is -0.482 e. The fourth-order valence-electron chi connectivity index (χ4n) is 3.91. The van der Waals surface area contributed by atoms with Crippen molar-refractivity contribution in [1.29, 1.82) is 5.26 Å². The van der Waals surface area contributed by atoms with Crippen LogP contribution in [0.25, 0.3) is 22.0 Å². The molecule has 38 heavy (non-hydrogen) atoms. The van der Waals surface area contributed by atoms with E-state index in [1.807, 2.05) is 36.4 Å². The second kappa shape index (κ2) is 12.2. The van der Waals surface area contributed by atoms with E-state index in [0.29, 0.717) is 35.1 Å². The molecule has 0 saturated heterocycles. The lowest BCUT2D eigenvalue weighted by Gasteiger charge is -2.12. The predicted octanol–water partition coefficient (Wildman–Crippen LogP) is 6.68. The zero-order valence-corrected chi connectivity index (χ0v) is 21.5. The molecular formula is C27H22Cl2F3N3O3. The molecule has 4 aromatic rings. The molecule has 3 aromatic carbocycles. The van der Waals surface area contributed by atoms with Crippen molar-refractivity contribution in [3.63, 3.8) is 0 Å². The summed E-state index contributed by atoms with van der Waals surface area (Å²) in [6.07, 6.45) is -4.38. The lowest BCUT2D eigenvalue weighted by molar-refractivity contribution is -0.192. The van der Waals surface area contributed by atoms with Gasteiger partial charge in [0.25, 0.3) is 0 Å². The van der Waals surface area contributed by atoms with Gasteiger partial charge in [-0.05, 0) is 66.1 Å². The van der Waals surface area contributed by atoms with Crippen molar-refractivity contribution in [2.24, 2.45) is 5.73 Å². The van der Waals surface area contributed by atoms with Gasteiger partial charge < -0.3 is 20.1 Å². The number of hydrogen-bond acceptors (Lipinski definition) is 4. The van der Waals surface area contributed by atoms with Crippen molar-refractivity contribution in [1.82, 2.24) is 4.57 Å². The number of fused-ring (bicyclic) bond motifs is 1. The summed E-state index contributed by atoms with van der Waals surface area (Å²) in [4.78, 5) is 8.90. The summed E-state index contributed by atoms with van der Waals surface area (Å²) < 4.78 is 39.7. The maximum atomic E-state index is 10.6. The first kappa shape index (κ1) is 28.9. The number of aromatic nitrogens is 1. The highest BCUT2D eigenvalue weighted by molar-refractivity contribution is 6.42. The van der Waals surface area contributed by atoms with Crippen LogP contribution in [0.15, 0.2) is 60.7 Å². The third-order valence-electron chi connectivity index (χ3n) is 5.62. The molecule has 0 amide bonds. The average molecular weight is 564 g/mol. The van der Waals surface area contributed by atoms with Gasteiger partial charge in [0, 0.05) is 10.9 Å². The van der Waals surface area contributed by atoms with Crippen LogP contribution in [0.5, 0.6) is 5.88 Å². The Labute approximate surface area is 226 Å². The average Bonchev–Trinajstić information content (AvgIpc) is 3.17. The molecule has 0 unspecified atom stereocenters. The number of hydrogen-bond donors (Lipinski definition) is 2. The van der Waals surface area contributed by atoms with Gasteiger partial charge in [0.05, 0.1) is 40.8 Å². The fourth-order valence-corrected chi connectivity index (χ4v) is 4.23. The molecule has 0 aliphatic heterocycles. The number of rotatable bonds is 6. The maximum absolute atomic E-state index is 10.6. The zero-order chi connectivity index (χ0) is 28.0. The number of nitrogens with zero attached hydrogens (tertiary/aromatic N) is 2. The first-order chi connectivity index (χ1) is 18.0. The van der Waals surface area contributed by atoms with Crippen LogP contribution in [0.2, 0.25) is 10.0 Å². The van der Waals surface area contributed by atoms with Crippen molar-refractivity contribution in [2.45, 2.75) is 19.1 Å². The summed E-state index contributed by atoms with van der Waals surface area (Å²) in [5.41, 5.74) is 11.9. The Morgan fingerprint density at radius 1 is 1.05 bits per heavy atom. The number of halogens is 5. The van der Waals surface area contributed by atoms with Crippen LogP contribution in [-0.2, 0) is 17.8 Å². The number of carbonyl (C=O) groups is 1. The molecule has 3 N–H and O–H groups in total. The number of carboxylic acid groups (broad SMARTS) is 1. The maximum Gasteiger partial charge on any atom is 0.490 e. The van der Waals surface area contributed by atoms with Crippen molar-refractivity contribution >= 4 is 40.1 Å². The molecule has 1 aromatic heterocycles. The third-order valence-corrected chi connectivity index (χ3v) is 6.36. The van der Waals surface area contributed by atoms with Crippen LogP contribution in [0.3, 0.4) is 0 Å². The van der Waals surface area contributed by atoms with E-state index in [0.717, 1.165) is 39.0 Å². The van der Waals surface area contributed by atoms with Crippen molar-refractivity contribution < 1.29 is 27.8 Å². The van der Waals surface area contributed by atoms with E-state index < -0.39 is 12.1 Å². The molecule has 0 radical (unpaired) electrons. The molecule has 198 valence electrons. The van der Waals surface area contributed by atoms with Crippen molar-refractivity contribution in [2.75, 3.05) is 13.7 Å². The number of alkyl halides is 3. The minimum absolute atomic E-state index is 0.517. The van der Waals surface area contributed by atoms with Gasteiger partial charge >= 0.3 is 12.1 Å². The van der Waals surface area contributed by atoms with Gasteiger partial charge in [-0.15, -0.1) is 0 Å². The monoisotopic (exact) mass is 563 g/mol. The second-order valence-corrected chi connectivity index (χ2v) is 8.90. The molecule has 0 fully saturated rings. The molecule has 1 heterocycles. The smallest absolute Gasteiger partial charge is 0.482 e. The molecule has 0 saturated carbocycles. The number of benzene rings is 3. The van der Waals surface area contributed by atoms with Crippen LogP contribution in [-0.4, -0.2) is 35.5 Å². The Balaban J connectivity index is 0.000000505. The first-order valence-corrected chi connectivity index (χ1v) is 11.9. The van der Waals surface area contributed by atoms with Gasteiger partial charge in [-0.1, -0.05) is 47.5 Å². The zero-order valence-electron chi connectivity index (χ0n) is 20.0. The van der Waals surface area contributed by atoms with E-state index in [4.69, 9.17) is 48.8 Å². The largest absolute Gasteiger partial charge is 0.490 e. The van der Waals surface area contributed by atoms with Crippen LogP contribution in [0, 0.1) is 11.3 Å². The number of methoxy groups -OCH3 is 1. The number of nitriles is 1. The summed E-state index contributed by atoms with van der Waals surface area (Å²) in [5, 5.41) is 18.3. The highest BCUT2D eigenvalue weighted by Crippen LogP contribution is 2.36. The van der Waals surface area contributed by atoms with Crippen LogP contribution in [0.1, 0.15) is 16.7 Å². The summed E-state index contributed by atoms with van der Waals surface area (Å²) >= 11 is 12.3. The van der Waals surface area contributed by atoms with Crippen LogP contribution in [0.4, 0.5) is 13.2 Å². The molecule has 0 aliphatic carbocycles. The van der Waals surface area contributed by atoms with Gasteiger partial charge in [0.1, 0.15) is 0 Å². The molecule has 6 nitrogen and oxygen atoms in total. The van der Waals surface area contributed by atoms with E-state index in [1.54, 1.807) is 13.2 Å². The highest BCUT2D eigenvalue weighted by Gasteiger charge is 2.38. The Hall–Kier alpha value is -3.71. The van der Waals surface area contributed by atoms with Gasteiger partial charge in [-0.3, -0.25) is 0 Å². The van der Waals surface area contributed by atoms with Gasteiger partial charge in [-0.2, -0.15) is 18.4 Å². The molecular weight excluding hydrogens is 542 g/mol. The molecule has 0 atom stereocenters. The first-order valence-electron chi connectivity index (χ1n) is 11.1. The van der Waals surface area contributed by atoms with Crippen molar-refractivity contribution in [3.8, 4) is 23.1 Å². The lowest BCUT2D eigenvalue weighted by Crippen LogP contribution is -2.21. The number of aliphatic carboxylic acids is 1. The Bertz CT molecular complexity index is 1490. The number of carboxylic acids is 1. The number of ether oxygens (including phenoxy) is 1. The highest BCUT2D eigenvalue weighted by atomic mass is 35.5. The lowest BCUT2D eigenvalue weighted by atomic mass is 10.0. The molecule has 11 heteroatoms. The number of nitrogens with two attached hydrogens (primary N) is 1. The van der Waals surface area contributed by atoms with E-state index in [-0.39, 0.29) is 0 Å². The Morgan fingerprint density at radius 3 is 2.21 bits per heavy atom. The van der Waals surface area contributed by atoms with E-state index >= 15 is 0 Å². The van der Waals surface area contributed by atoms with Crippen LogP contribution < -0.4 is 10.5 Å². The normalized spacial score (nSPS) is 11.0. The quantitative estimate of drug-likeness (QED) is 0.272. The SMILES string of the molecule is COc1c(CCN)c2cc(-c3ccc(C#N)cc3)ccc2n1Cc1ccc(Cl)c(Cl)c1.O=C(O)C(F)(F)F. The molecule has 0 bridgehead atoms. The van der Waals surface area contributed by atoms with E-state index in [2.05, 4.69) is 28.8 Å². The molecule has 0 aliphatic rings.